The van der Waals surface area contributed by atoms with Crippen molar-refractivity contribution in [2.24, 2.45) is 0 Å². The second-order valence-electron chi connectivity index (χ2n) is 8.30. The van der Waals surface area contributed by atoms with E-state index in [1.165, 1.54) is 11.7 Å². The molecule has 5 rings (SSSR count). The van der Waals surface area contributed by atoms with Crippen LogP contribution in [0.25, 0.3) is 12.2 Å². The van der Waals surface area contributed by atoms with Crippen LogP contribution in [0.15, 0.2) is 87.0 Å². The van der Waals surface area contributed by atoms with Crippen molar-refractivity contribution in [3.63, 3.8) is 0 Å². The minimum atomic E-state index is -0.519. The molecule has 174 valence electrons. The molecule has 0 bridgehead atoms. The van der Waals surface area contributed by atoms with Gasteiger partial charge in [0.1, 0.15) is 0 Å². The fraction of sp³-hybridized carbons (Fsp3) is 0.107. The Bertz CT molecular complexity index is 1550. The molecule has 0 saturated heterocycles. The van der Waals surface area contributed by atoms with Gasteiger partial charge in [0.15, 0.2) is 0 Å². The molecule has 0 radical (unpaired) electrons. The summed E-state index contributed by atoms with van der Waals surface area (Å²) in [5.41, 5.74) is 4.62. The molecule has 0 fully saturated rings. The molecular formula is C28H21BrN2O4. The van der Waals surface area contributed by atoms with Crippen LogP contribution in [0.4, 0.5) is 0 Å². The lowest BCUT2D eigenvalue weighted by Crippen LogP contribution is -2.33. The number of nitrogens with one attached hydrogen (secondary N) is 1. The van der Waals surface area contributed by atoms with Gasteiger partial charge in [-0.1, -0.05) is 66.7 Å². The molecule has 1 heterocycles. The van der Waals surface area contributed by atoms with Gasteiger partial charge in [0.25, 0.3) is 5.56 Å². The summed E-state index contributed by atoms with van der Waals surface area (Å²) in [5.74, 6) is -0.837. The Labute approximate surface area is 209 Å². The number of hydrogen-bond acceptors (Lipinski definition) is 4. The van der Waals surface area contributed by atoms with E-state index >= 15 is 0 Å². The van der Waals surface area contributed by atoms with Crippen LogP contribution >= 0.6 is 15.9 Å². The van der Waals surface area contributed by atoms with Crippen molar-refractivity contribution in [3.05, 3.63) is 137 Å². The van der Waals surface area contributed by atoms with Gasteiger partial charge in [-0.2, -0.15) is 0 Å². The standard InChI is InChI=1S/C28H21BrN2O4/c1-35-27(33)22-14-17(10-13-24(22)29)15-31-16-23(26(32)30-28(31)34)25-20-8-4-2-6-18(20)11-12-19-7-3-5-9-21(19)25/h2-14,16,25H,15H2,1H3,(H,30,32,34). The zero-order valence-electron chi connectivity index (χ0n) is 18.8. The average molecular weight is 529 g/mol. The van der Waals surface area contributed by atoms with E-state index in [2.05, 4.69) is 33.1 Å². The molecule has 7 heteroatoms. The van der Waals surface area contributed by atoms with Crippen molar-refractivity contribution >= 4 is 34.1 Å². The molecule has 35 heavy (non-hydrogen) atoms. The molecule has 3 aromatic carbocycles. The zero-order chi connectivity index (χ0) is 24.5. The van der Waals surface area contributed by atoms with Gasteiger partial charge in [0.2, 0.25) is 0 Å². The number of aromatic amines is 1. The fourth-order valence-corrected chi connectivity index (χ4v) is 4.92. The van der Waals surface area contributed by atoms with Crippen LogP contribution in [-0.4, -0.2) is 22.6 Å². The quantitative estimate of drug-likeness (QED) is 0.340. The van der Waals surface area contributed by atoms with Gasteiger partial charge in [-0.25, -0.2) is 9.59 Å². The lowest BCUT2D eigenvalue weighted by molar-refractivity contribution is 0.0599. The summed E-state index contributed by atoms with van der Waals surface area (Å²) in [6.45, 7) is 0.175. The number of hydrogen-bond donors (Lipinski definition) is 1. The van der Waals surface area contributed by atoms with Gasteiger partial charge in [-0.3, -0.25) is 14.3 Å². The van der Waals surface area contributed by atoms with E-state index in [1.54, 1.807) is 18.3 Å². The van der Waals surface area contributed by atoms with Crippen LogP contribution in [0.5, 0.6) is 0 Å². The summed E-state index contributed by atoms with van der Waals surface area (Å²) >= 11 is 3.36. The van der Waals surface area contributed by atoms with Gasteiger partial charge < -0.3 is 4.74 Å². The maximum Gasteiger partial charge on any atom is 0.339 e. The number of H-pyrrole nitrogens is 1. The number of aromatic nitrogens is 2. The zero-order valence-corrected chi connectivity index (χ0v) is 20.4. The van der Waals surface area contributed by atoms with Crippen molar-refractivity contribution in [3.8, 4) is 0 Å². The Kier molecular flexibility index (Phi) is 6.09. The maximum absolute atomic E-state index is 13.1. The number of carbonyl (C=O) groups is 1. The highest BCUT2D eigenvalue weighted by Crippen LogP contribution is 2.37. The molecule has 0 aliphatic heterocycles. The highest BCUT2D eigenvalue weighted by molar-refractivity contribution is 9.10. The molecule has 1 aromatic heterocycles. The Morgan fingerprint density at radius 2 is 1.57 bits per heavy atom. The first kappa shape index (κ1) is 22.8. The Hall–Kier alpha value is -3.97. The minimum absolute atomic E-state index is 0.175. The molecule has 1 N–H and O–H groups in total. The van der Waals surface area contributed by atoms with Crippen molar-refractivity contribution in [2.75, 3.05) is 7.11 Å². The molecule has 6 nitrogen and oxygen atoms in total. The molecular weight excluding hydrogens is 508 g/mol. The predicted molar refractivity (Wildman–Crippen MR) is 139 cm³/mol. The number of halogens is 1. The third-order valence-electron chi connectivity index (χ3n) is 6.19. The fourth-order valence-electron chi connectivity index (χ4n) is 4.52. The molecule has 0 atom stereocenters. The number of esters is 1. The van der Waals surface area contributed by atoms with Crippen LogP contribution in [0, 0.1) is 0 Å². The van der Waals surface area contributed by atoms with E-state index in [1.807, 2.05) is 54.6 Å². The number of ether oxygens (including phenoxy) is 1. The van der Waals surface area contributed by atoms with E-state index in [0.29, 0.717) is 15.6 Å². The SMILES string of the molecule is COC(=O)c1cc(Cn2cc(C3c4ccccc4C=Cc4ccccc43)c(=O)[nH]c2=O)ccc1Br. The van der Waals surface area contributed by atoms with Crippen LogP contribution in [0.1, 0.15) is 49.7 Å². The van der Waals surface area contributed by atoms with Crippen molar-refractivity contribution in [1.29, 1.82) is 0 Å². The van der Waals surface area contributed by atoms with E-state index in [4.69, 9.17) is 4.74 Å². The monoisotopic (exact) mass is 528 g/mol. The number of rotatable bonds is 4. The number of fused-ring (bicyclic) bond motifs is 2. The third kappa shape index (κ3) is 4.31. The molecule has 4 aromatic rings. The Balaban J connectivity index is 1.65. The van der Waals surface area contributed by atoms with E-state index in [0.717, 1.165) is 27.8 Å². The first-order valence-corrected chi connectivity index (χ1v) is 11.8. The van der Waals surface area contributed by atoms with Gasteiger partial charge >= 0.3 is 11.7 Å². The number of benzene rings is 3. The summed E-state index contributed by atoms with van der Waals surface area (Å²) in [7, 11) is 1.32. The van der Waals surface area contributed by atoms with Gasteiger partial charge in [0, 0.05) is 22.2 Å². The number of methoxy groups -OCH3 is 1. The van der Waals surface area contributed by atoms with Gasteiger partial charge in [0.05, 0.1) is 19.2 Å². The Morgan fingerprint density at radius 3 is 2.20 bits per heavy atom. The van der Waals surface area contributed by atoms with E-state index < -0.39 is 17.2 Å². The van der Waals surface area contributed by atoms with Crippen LogP contribution < -0.4 is 11.2 Å². The normalized spacial score (nSPS) is 12.5. The second kappa shape index (κ2) is 9.35. The van der Waals surface area contributed by atoms with Crippen LogP contribution in [0.2, 0.25) is 0 Å². The maximum atomic E-state index is 13.1. The highest BCUT2D eigenvalue weighted by atomic mass is 79.9. The van der Waals surface area contributed by atoms with Crippen LogP contribution in [-0.2, 0) is 11.3 Å². The first-order chi connectivity index (χ1) is 17.0. The van der Waals surface area contributed by atoms with Crippen molar-refractivity contribution in [2.45, 2.75) is 12.5 Å². The highest BCUT2D eigenvalue weighted by Gasteiger charge is 2.26. The van der Waals surface area contributed by atoms with E-state index in [-0.39, 0.29) is 12.5 Å². The molecule has 0 amide bonds. The third-order valence-corrected chi connectivity index (χ3v) is 6.89. The summed E-state index contributed by atoms with van der Waals surface area (Å²) in [6.07, 6.45) is 5.73. The second-order valence-corrected chi connectivity index (χ2v) is 9.16. The van der Waals surface area contributed by atoms with Gasteiger partial charge in [-0.15, -0.1) is 0 Å². The topological polar surface area (TPSA) is 81.2 Å². The molecule has 0 saturated carbocycles. The molecule has 0 unspecified atom stereocenters. The summed E-state index contributed by atoms with van der Waals surface area (Å²) < 4.78 is 6.91. The summed E-state index contributed by atoms with van der Waals surface area (Å²) in [5, 5.41) is 0. The smallest absolute Gasteiger partial charge is 0.339 e. The number of nitrogens with zero attached hydrogens (tertiary/aromatic N) is 1. The summed E-state index contributed by atoms with van der Waals surface area (Å²) in [6, 6.07) is 21.1. The molecule has 1 aliphatic carbocycles. The lowest BCUT2D eigenvalue weighted by atomic mass is 9.83. The Morgan fingerprint density at radius 1 is 0.943 bits per heavy atom. The largest absolute Gasteiger partial charge is 0.465 e. The molecule has 0 spiro atoms. The van der Waals surface area contributed by atoms with E-state index in [9.17, 15) is 14.4 Å². The summed E-state index contributed by atoms with van der Waals surface area (Å²) in [4.78, 5) is 40.5. The van der Waals surface area contributed by atoms with Crippen LogP contribution in [0.3, 0.4) is 0 Å². The average Bonchev–Trinajstić information content (AvgIpc) is 3.03. The molecule has 1 aliphatic rings. The number of carbonyl (C=O) groups excluding carboxylic acids is 1. The lowest BCUT2D eigenvalue weighted by Gasteiger charge is -2.21. The van der Waals surface area contributed by atoms with Gasteiger partial charge in [-0.05, 0) is 55.9 Å². The first-order valence-electron chi connectivity index (χ1n) is 11.0. The van der Waals surface area contributed by atoms with Crippen molar-refractivity contribution < 1.29 is 9.53 Å². The predicted octanol–water partition coefficient (Wildman–Crippen LogP) is 4.80. The minimum Gasteiger partial charge on any atom is -0.465 e. The van der Waals surface area contributed by atoms with Crippen molar-refractivity contribution in [1.82, 2.24) is 9.55 Å².